The van der Waals surface area contributed by atoms with Crippen LogP contribution in [0.4, 0.5) is 4.79 Å². The Morgan fingerprint density at radius 3 is 2.43 bits per heavy atom. The molecule has 0 aromatic heterocycles. The van der Waals surface area contributed by atoms with Crippen LogP contribution in [0.1, 0.15) is 45.4 Å². The van der Waals surface area contributed by atoms with Gasteiger partial charge >= 0.3 is 6.03 Å². The molecule has 3 aliphatic rings. The number of amides is 2. The Morgan fingerprint density at radius 1 is 1.19 bits per heavy atom. The number of nitrogens with one attached hydrogen (secondary N) is 2. The molecule has 2 amide bonds. The van der Waals surface area contributed by atoms with E-state index in [2.05, 4.69) is 34.4 Å². The van der Waals surface area contributed by atoms with Gasteiger partial charge < -0.3 is 15.5 Å². The van der Waals surface area contributed by atoms with Crippen molar-refractivity contribution in [1.82, 2.24) is 20.4 Å². The summed E-state index contributed by atoms with van der Waals surface area (Å²) in [6, 6.07) is 2.39. The van der Waals surface area contributed by atoms with Gasteiger partial charge in [0.05, 0.1) is 0 Å². The number of carbonyl (C=O) groups excluding carboxylic acids is 1. The van der Waals surface area contributed by atoms with Gasteiger partial charge in [-0.3, -0.25) is 4.90 Å². The minimum Gasteiger partial charge on any atom is -0.337 e. The summed E-state index contributed by atoms with van der Waals surface area (Å²) in [5.41, 5.74) is 0. The van der Waals surface area contributed by atoms with Crippen molar-refractivity contribution in [1.29, 1.82) is 0 Å². The molecule has 1 heterocycles. The maximum absolute atomic E-state index is 12.0. The molecule has 0 aromatic rings. The van der Waals surface area contributed by atoms with Gasteiger partial charge in [-0.25, -0.2) is 4.79 Å². The fourth-order valence-corrected chi connectivity index (χ4v) is 3.31. The standard InChI is InChI=1S/C16H30N4O/c1-12(19(2)14-3-4-14)11-17-16(21)18-13-7-9-20(10-8-13)15-5-6-15/h12-15H,3-11H2,1-2H3,(H2,17,18,21)/t12-/m0/s1. The molecule has 1 aliphatic heterocycles. The van der Waals surface area contributed by atoms with Gasteiger partial charge in [0.1, 0.15) is 0 Å². The molecule has 2 saturated carbocycles. The van der Waals surface area contributed by atoms with Crippen molar-refractivity contribution in [3.8, 4) is 0 Å². The lowest BCUT2D eigenvalue weighted by Gasteiger charge is -2.32. The molecular weight excluding hydrogens is 264 g/mol. The molecule has 0 bridgehead atoms. The lowest BCUT2D eigenvalue weighted by molar-refractivity contribution is 0.184. The molecule has 1 saturated heterocycles. The van der Waals surface area contributed by atoms with Crippen molar-refractivity contribution < 1.29 is 4.79 Å². The van der Waals surface area contributed by atoms with Crippen LogP contribution in [0.15, 0.2) is 0 Å². The first-order valence-corrected chi connectivity index (χ1v) is 8.64. The Morgan fingerprint density at radius 2 is 1.86 bits per heavy atom. The maximum atomic E-state index is 12.0. The quantitative estimate of drug-likeness (QED) is 0.778. The van der Waals surface area contributed by atoms with Gasteiger partial charge in [0, 0.05) is 43.8 Å². The smallest absolute Gasteiger partial charge is 0.315 e. The van der Waals surface area contributed by atoms with E-state index in [4.69, 9.17) is 0 Å². The van der Waals surface area contributed by atoms with Gasteiger partial charge in [0.25, 0.3) is 0 Å². The average molecular weight is 294 g/mol. The number of hydrogen-bond donors (Lipinski definition) is 2. The van der Waals surface area contributed by atoms with Gasteiger partial charge in [-0.2, -0.15) is 0 Å². The predicted molar refractivity (Wildman–Crippen MR) is 84.4 cm³/mol. The second-order valence-electron chi connectivity index (χ2n) is 7.14. The highest BCUT2D eigenvalue weighted by Crippen LogP contribution is 2.29. The van der Waals surface area contributed by atoms with E-state index in [0.29, 0.717) is 12.1 Å². The predicted octanol–water partition coefficient (Wildman–Crippen LogP) is 1.40. The van der Waals surface area contributed by atoms with Crippen molar-refractivity contribution in [2.45, 2.75) is 69.6 Å². The van der Waals surface area contributed by atoms with Crippen molar-refractivity contribution in [2.24, 2.45) is 0 Å². The van der Waals surface area contributed by atoms with Crippen LogP contribution in [-0.4, -0.2) is 66.7 Å². The Labute approximate surface area is 128 Å². The van der Waals surface area contributed by atoms with E-state index in [0.717, 1.165) is 44.6 Å². The Kier molecular flexibility index (Phi) is 4.69. The molecule has 2 aliphatic carbocycles. The van der Waals surface area contributed by atoms with Crippen LogP contribution < -0.4 is 10.6 Å². The lowest BCUT2D eigenvalue weighted by atomic mass is 10.1. The van der Waals surface area contributed by atoms with E-state index in [9.17, 15) is 4.79 Å². The lowest BCUT2D eigenvalue weighted by Crippen LogP contribution is -2.50. The maximum Gasteiger partial charge on any atom is 0.315 e. The third-order valence-corrected chi connectivity index (χ3v) is 5.30. The van der Waals surface area contributed by atoms with Gasteiger partial charge in [-0.1, -0.05) is 0 Å². The zero-order valence-corrected chi connectivity index (χ0v) is 13.5. The molecular formula is C16H30N4O. The third kappa shape index (κ3) is 4.33. The minimum absolute atomic E-state index is 0.0101. The molecule has 0 spiro atoms. The van der Waals surface area contributed by atoms with E-state index in [1.165, 1.54) is 25.7 Å². The zero-order chi connectivity index (χ0) is 14.8. The molecule has 3 fully saturated rings. The minimum atomic E-state index is 0.0101. The summed E-state index contributed by atoms with van der Waals surface area (Å²) >= 11 is 0. The van der Waals surface area contributed by atoms with Crippen LogP contribution in [0.5, 0.6) is 0 Å². The number of piperidine rings is 1. The first-order chi connectivity index (χ1) is 10.1. The number of nitrogens with zero attached hydrogens (tertiary/aromatic N) is 2. The molecule has 0 unspecified atom stereocenters. The van der Waals surface area contributed by atoms with E-state index in [1.807, 2.05) is 0 Å². The summed E-state index contributed by atoms with van der Waals surface area (Å²) in [5, 5.41) is 6.18. The van der Waals surface area contributed by atoms with Crippen molar-refractivity contribution in [2.75, 3.05) is 26.7 Å². The monoisotopic (exact) mass is 294 g/mol. The van der Waals surface area contributed by atoms with Crippen molar-refractivity contribution in [3.05, 3.63) is 0 Å². The number of likely N-dealkylation sites (tertiary alicyclic amines) is 1. The second kappa shape index (κ2) is 6.53. The first kappa shape index (κ1) is 15.1. The number of carbonyl (C=O) groups is 1. The summed E-state index contributed by atoms with van der Waals surface area (Å²) in [7, 11) is 2.16. The van der Waals surface area contributed by atoms with Crippen LogP contribution in [0.25, 0.3) is 0 Å². The van der Waals surface area contributed by atoms with Gasteiger partial charge in [0.2, 0.25) is 0 Å². The number of likely N-dealkylation sites (N-methyl/N-ethyl adjacent to an activating group) is 1. The van der Waals surface area contributed by atoms with E-state index in [1.54, 1.807) is 0 Å². The number of hydrogen-bond acceptors (Lipinski definition) is 3. The highest BCUT2D eigenvalue weighted by Gasteiger charge is 2.32. The molecule has 1 atom stereocenters. The molecule has 120 valence electrons. The van der Waals surface area contributed by atoms with Crippen LogP contribution in [0.3, 0.4) is 0 Å². The fourth-order valence-electron chi connectivity index (χ4n) is 3.31. The molecule has 5 heteroatoms. The SMILES string of the molecule is C[C@@H](CNC(=O)NC1CCN(C2CC2)CC1)N(C)C1CC1. The van der Waals surface area contributed by atoms with Gasteiger partial charge in [-0.15, -0.1) is 0 Å². The molecule has 5 nitrogen and oxygen atoms in total. The Hall–Kier alpha value is -0.810. The van der Waals surface area contributed by atoms with E-state index in [-0.39, 0.29) is 6.03 Å². The third-order valence-electron chi connectivity index (χ3n) is 5.30. The average Bonchev–Trinajstić information content (AvgIpc) is 3.37. The van der Waals surface area contributed by atoms with Crippen LogP contribution >= 0.6 is 0 Å². The summed E-state index contributed by atoms with van der Waals surface area (Å²) < 4.78 is 0. The summed E-state index contributed by atoms with van der Waals surface area (Å²) in [4.78, 5) is 17.0. The molecule has 3 rings (SSSR count). The number of urea groups is 1. The topological polar surface area (TPSA) is 47.6 Å². The summed E-state index contributed by atoms with van der Waals surface area (Å²) in [6.45, 7) is 5.22. The largest absolute Gasteiger partial charge is 0.337 e. The van der Waals surface area contributed by atoms with Crippen LogP contribution in [0.2, 0.25) is 0 Å². The van der Waals surface area contributed by atoms with Gasteiger partial charge in [0.15, 0.2) is 0 Å². The normalized spacial score (nSPS) is 25.9. The van der Waals surface area contributed by atoms with Crippen LogP contribution in [0, 0.1) is 0 Å². The molecule has 21 heavy (non-hydrogen) atoms. The molecule has 0 aromatic carbocycles. The zero-order valence-electron chi connectivity index (χ0n) is 13.5. The number of rotatable bonds is 6. The Balaban J connectivity index is 1.30. The second-order valence-corrected chi connectivity index (χ2v) is 7.14. The van der Waals surface area contributed by atoms with Crippen molar-refractivity contribution >= 4 is 6.03 Å². The fraction of sp³-hybridized carbons (Fsp3) is 0.938. The van der Waals surface area contributed by atoms with E-state index < -0.39 is 0 Å². The molecule has 0 radical (unpaired) electrons. The van der Waals surface area contributed by atoms with Crippen LogP contribution in [-0.2, 0) is 0 Å². The Bertz CT molecular complexity index is 359. The highest BCUT2D eigenvalue weighted by molar-refractivity contribution is 5.74. The summed E-state index contributed by atoms with van der Waals surface area (Å²) in [5.74, 6) is 0. The van der Waals surface area contributed by atoms with Gasteiger partial charge in [-0.05, 0) is 52.5 Å². The highest BCUT2D eigenvalue weighted by atomic mass is 16.2. The van der Waals surface area contributed by atoms with E-state index >= 15 is 0 Å². The van der Waals surface area contributed by atoms with Crippen molar-refractivity contribution in [3.63, 3.8) is 0 Å². The molecule has 2 N–H and O–H groups in total. The first-order valence-electron chi connectivity index (χ1n) is 8.64. The summed E-state index contributed by atoms with van der Waals surface area (Å²) in [6.07, 6.45) is 7.58.